The molecule has 1 saturated heterocycles. The Kier molecular flexibility index (Phi) is 4.16. The molecule has 0 radical (unpaired) electrons. The largest absolute Gasteiger partial charge is 0.497 e. The van der Waals surface area contributed by atoms with Gasteiger partial charge in [0.25, 0.3) is 0 Å². The second-order valence-corrected chi connectivity index (χ2v) is 5.95. The Hall–Kier alpha value is -2.23. The molecule has 2 aromatic rings. The van der Waals surface area contributed by atoms with Gasteiger partial charge in [0, 0.05) is 24.2 Å². The van der Waals surface area contributed by atoms with Crippen molar-refractivity contribution in [3.05, 3.63) is 47.7 Å². The van der Waals surface area contributed by atoms with E-state index in [0.717, 1.165) is 18.1 Å². The summed E-state index contributed by atoms with van der Waals surface area (Å²) in [7, 11) is 3.38. The highest BCUT2D eigenvalue weighted by atomic mass is 16.5. The van der Waals surface area contributed by atoms with E-state index in [1.54, 1.807) is 14.2 Å². The van der Waals surface area contributed by atoms with Crippen LogP contribution in [-0.4, -0.2) is 25.2 Å². The van der Waals surface area contributed by atoms with Crippen LogP contribution in [0.2, 0.25) is 0 Å². The summed E-state index contributed by atoms with van der Waals surface area (Å²) >= 11 is 0. The highest BCUT2D eigenvalue weighted by molar-refractivity contribution is 5.56. The Morgan fingerprint density at radius 3 is 2.48 bits per heavy atom. The normalized spacial score (nSPS) is 21.4. The third-order valence-electron chi connectivity index (χ3n) is 4.85. The standard InChI is InChI=1S/C18H20N2O2.CH4/c1-21-14-6-3-12(4-7-14)20-13-5-9-17(20)15-8-10-18(22-2)19-16(15)11-13;/h3-4,6-8,10,13,17H,5,9,11H2,1-2H3;1H4. The van der Waals surface area contributed by atoms with Crippen LogP contribution in [0, 0.1) is 0 Å². The lowest BCUT2D eigenvalue weighted by Gasteiger charge is -2.37. The summed E-state index contributed by atoms with van der Waals surface area (Å²) in [4.78, 5) is 7.21. The molecule has 2 atom stereocenters. The maximum absolute atomic E-state index is 5.27. The number of hydrogen-bond donors (Lipinski definition) is 0. The smallest absolute Gasteiger partial charge is 0.213 e. The number of aromatic nitrogens is 1. The maximum atomic E-state index is 5.27. The zero-order valence-electron chi connectivity index (χ0n) is 13.0. The van der Waals surface area contributed by atoms with Gasteiger partial charge in [0.15, 0.2) is 0 Å². The first-order valence-corrected chi connectivity index (χ1v) is 7.76. The molecule has 2 unspecified atom stereocenters. The third-order valence-corrected chi connectivity index (χ3v) is 4.85. The van der Waals surface area contributed by atoms with Crippen molar-refractivity contribution in [3.8, 4) is 11.6 Å². The second kappa shape index (κ2) is 6.11. The molecule has 4 rings (SSSR count). The molecule has 4 heteroatoms. The van der Waals surface area contributed by atoms with Crippen molar-refractivity contribution in [2.24, 2.45) is 0 Å². The molecule has 2 aliphatic heterocycles. The molecule has 2 aliphatic rings. The minimum absolute atomic E-state index is 0. The number of ether oxygens (including phenoxy) is 2. The van der Waals surface area contributed by atoms with Crippen LogP contribution in [0.25, 0.3) is 0 Å². The highest BCUT2D eigenvalue weighted by Crippen LogP contribution is 2.46. The fourth-order valence-electron chi connectivity index (χ4n) is 3.83. The van der Waals surface area contributed by atoms with Crippen LogP contribution >= 0.6 is 0 Å². The Morgan fingerprint density at radius 2 is 1.78 bits per heavy atom. The summed E-state index contributed by atoms with van der Waals surface area (Å²) in [6, 6.07) is 13.5. The van der Waals surface area contributed by atoms with Gasteiger partial charge in [-0.15, -0.1) is 0 Å². The van der Waals surface area contributed by atoms with Crippen molar-refractivity contribution in [3.63, 3.8) is 0 Å². The van der Waals surface area contributed by atoms with E-state index in [2.05, 4.69) is 28.1 Å². The van der Waals surface area contributed by atoms with E-state index in [4.69, 9.17) is 9.47 Å². The maximum Gasteiger partial charge on any atom is 0.213 e. The number of hydrogen-bond acceptors (Lipinski definition) is 4. The average molecular weight is 312 g/mol. The number of anilines is 1. The molecular formula is C19H24N2O2. The molecular weight excluding hydrogens is 288 g/mol. The molecule has 4 nitrogen and oxygen atoms in total. The summed E-state index contributed by atoms with van der Waals surface area (Å²) in [5.74, 6) is 1.62. The van der Waals surface area contributed by atoms with Gasteiger partial charge in [0.2, 0.25) is 5.88 Å². The summed E-state index contributed by atoms with van der Waals surface area (Å²) < 4.78 is 10.5. The van der Waals surface area contributed by atoms with E-state index in [-0.39, 0.29) is 7.43 Å². The molecule has 122 valence electrons. The van der Waals surface area contributed by atoms with E-state index in [9.17, 15) is 0 Å². The number of methoxy groups -OCH3 is 2. The van der Waals surface area contributed by atoms with Gasteiger partial charge in [0.05, 0.1) is 26.0 Å². The highest BCUT2D eigenvalue weighted by Gasteiger charge is 2.40. The quantitative estimate of drug-likeness (QED) is 0.858. The van der Waals surface area contributed by atoms with Gasteiger partial charge >= 0.3 is 0 Å². The average Bonchev–Trinajstić information content (AvgIpc) is 2.89. The number of pyridine rings is 1. The zero-order valence-corrected chi connectivity index (χ0v) is 13.0. The lowest BCUT2D eigenvalue weighted by molar-refractivity contribution is 0.394. The van der Waals surface area contributed by atoms with Crippen molar-refractivity contribution in [1.29, 1.82) is 0 Å². The Bertz CT molecular complexity index is 684. The van der Waals surface area contributed by atoms with E-state index >= 15 is 0 Å². The van der Waals surface area contributed by atoms with E-state index < -0.39 is 0 Å². The summed E-state index contributed by atoms with van der Waals surface area (Å²) in [6.45, 7) is 0. The van der Waals surface area contributed by atoms with Crippen LogP contribution in [0.3, 0.4) is 0 Å². The van der Waals surface area contributed by atoms with Crippen molar-refractivity contribution in [1.82, 2.24) is 4.98 Å². The first kappa shape index (κ1) is 15.7. The second-order valence-electron chi connectivity index (χ2n) is 5.95. The number of fused-ring (bicyclic) bond motifs is 4. The Balaban J connectivity index is 0.00000156. The third kappa shape index (κ3) is 2.52. The van der Waals surface area contributed by atoms with Crippen molar-refractivity contribution >= 4 is 5.69 Å². The van der Waals surface area contributed by atoms with E-state index in [1.807, 2.05) is 18.2 Å². The predicted octanol–water partition coefficient (Wildman–Crippen LogP) is 4.00. The molecule has 23 heavy (non-hydrogen) atoms. The van der Waals surface area contributed by atoms with Gasteiger partial charge in [-0.1, -0.05) is 7.43 Å². The molecule has 1 fully saturated rings. The lowest BCUT2D eigenvalue weighted by atomic mass is 9.97. The van der Waals surface area contributed by atoms with Crippen molar-refractivity contribution in [2.75, 3.05) is 19.1 Å². The van der Waals surface area contributed by atoms with Crippen LogP contribution in [0.15, 0.2) is 36.4 Å². The SMILES string of the molecule is C.COc1ccc(N2C3CCC2c2ccc(OC)nc2C3)cc1. The topological polar surface area (TPSA) is 34.6 Å². The van der Waals surface area contributed by atoms with E-state index in [0.29, 0.717) is 12.1 Å². The number of rotatable bonds is 3. The fourth-order valence-corrected chi connectivity index (χ4v) is 3.83. The number of nitrogens with zero attached hydrogens (tertiary/aromatic N) is 2. The Morgan fingerprint density at radius 1 is 1.00 bits per heavy atom. The van der Waals surface area contributed by atoms with Gasteiger partial charge in [0.1, 0.15) is 5.75 Å². The monoisotopic (exact) mass is 312 g/mol. The molecule has 2 bridgehead atoms. The zero-order chi connectivity index (χ0) is 15.1. The van der Waals surface area contributed by atoms with Crippen molar-refractivity contribution in [2.45, 2.75) is 38.8 Å². The molecule has 0 N–H and O–H groups in total. The molecule has 0 amide bonds. The van der Waals surface area contributed by atoms with Gasteiger partial charge in [-0.2, -0.15) is 0 Å². The number of benzene rings is 1. The van der Waals surface area contributed by atoms with Crippen LogP contribution in [0.5, 0.6) is 11.6 Å². The molecule has 0 spiro atoms. The lowest BCUT2D eigenvalue weighted by Crippen LogP contribution is -2.38. The fraction of sp³-hybridized carbons (Fsp3) is 0.421. The van der Waals surface area contributed by atoms with E-state index in [1.165, 1.54) is 29.8 Å². The minimum atomic E-state index is 0. The molecule has 0 aliphatic carbocycles. The van der Waals surface area contributed by atoms with Crippen molar-refractivity contribution < 1.29 is 9.47 Å². The van der Waals surface area contributed by atoms with Gasteiger partial charge < -0.3 is 14.4 Å². The molecule has 1 aromatic carbocycles. The van der Waals surface area contributed by atoms with Crippen LogP contribution < -0.4 is 14.4 Å². The van der Waals surface area contributed by atoms with Crippen LogP contribution in [-0.2, 0) is 6.42 Å². The molecule has 1 aromatic heterocycles. The van der Waals surface area contributed by atoms with Gasteiger partial charge in [-0.3, -0.25) is 0 Å². The first-order valence-electron chi connectivity index (χ1n) is 7.76. The Labute approximate surface area is 138 Å². The van der Waals surface area contributed by atoms with Crippen LogP contribution in [0.1, 0.15) is 37.6 Å². The molecule has 3 heterocycles. The van der Waals surface area contributed by atoms with Crippen LogP contribution in [0.4, 0.5) is 5.69 Å². The summed E-state index contributed by atoms with van der Waals surface area (Å²) in [5, 5.41) is 0. The van der Waals surface area contributed by atoms with Gasteiger partial charge in [-0.25, -0.2) is 4.98 Å². The first-order chi connectivity index (χ1) is 10.8. The minimum Gasteiger partial charge on any atom is -0.497 e. The summed E-state index contributed by atoms with van der Waals surface area (Å²) in [5.41, 5.74) is 3.83. The summed E-state index contributed by atoms with van der Waals surface area (Å²) in [6.07, 6.45) is 3.40. The molecule has 0 saturated carbocycles. The predicted molar refractivity (Wildman–Crippen MR) is 92.5 cm³/mol. The van der Waals surface area contributed by atoms with Gasteiger partial charge in [-0.05, 0) is 48.7 Å².